The van der Waals surface area contributed by atoms with Crippen molar-refractivity contribution in [2.75, 3.05) is 33.0 Å². The van der Waals surface area contributed by atoms with Gasteiger partial charge in [0.25, 0.3) is 0 Å². The van der Waals surface area contributed by atoms with Crippen LogP contribution < -0.4 is 11.5 Å². The predicted octanol–water partition coefficient (Wildman–Crippen LogP) is -0.674. The predicted molar refractivity (Wildman–Crippen MR) is 44.3 cm³/mol. The molecule has 0 rings (SSSR count). The van der Waals surface area contributed by atoms with E-state index in [-0.39, 0.29) is 6.04 Å². The van der Waals surface area contributed by atoms with Gasteiger partial charge in [-0.15, -0.1) is 0 Å². The highest BCUT2D eigenvalue weighted by Gasteiger charge is 1.92. The molecule has 4 N–H and O–H groups in total. The number of rotatable bonds is 7. The van der Waals surface area contributed by atoms with E-state index in [1.165, 1.54) is 0 Å². The Morgan fingerprint density at radius 1 is 1.18 bits per heavy atom. The lowest BCUT2D eigenvalue weighted by atomic mass is 10.4. The summed E-state index contributed by atoms with van der Waals surface area (Å²) in [4.78, 5) is 0. The smallest absolute Gasteiger partial charge is 0.0701 e. The monoisotopic (exact) mass is 162 g/mol. The van der Waals surface area contributed by atoms with Gasteiger partial charge in [0, 0.05) is 12.6 Å². The van der Waals surface area contributed by atoms with Crippen molar-refractivity contribution in [2.45, 2.75) is 13.0 Å². The van der Waals surface area contributed by atoms with Gasteiger partial charge in [0.2, 0.25) is 0 Å². The Bertz CT molecular complexity index is 78.8. The van der Waals surface area contributed by atoms with Crippen LogP contribution in [0.25, 0.3) is 0 Å². The maximum atomic E-state index is 5.45. The molecular weight excluding hydrogens is 144 g/mol. The maximum absolute atomic E-state index is 5.45. The zero-order valence-corrected chi connectivity index (χ0v) is 7.08. The minimum atomic E-state index is 0.101. The van der Waals surface area contributed by atoms with Crippen molar-refractivity contribution in [3.8, 4) is 0 Å². The molecule has 1 unspecified atom stereocenters. The highest BCUT2D eigenvalue weighted by molar-refractivity contribution is 4.47. The molecule has 0 bridgehead atoms. The average Bonchev–Trinajstić information content (AvgIpc) is 1.96. The van der Waals surface area contributed by atoms with E-state index >= 15 is 0 Å². The summed E-state index contributed by atoms with van der Waals surface area (Å²) in [7, 11) is 0. The highest BCUT2D eigenvalue weighted by atomic mass is 16.5. The van der Waals surface area contributed by atoms with Gasteiger partial charge in [0.15, 0.2) is 0 Å². The van der Waals surface area contributed by atoms with Crippen molar-refractivity contribution in [3.63, 3.8) is 0 Å². The molecule has 0 radical (unpaired) electrons. The second-order valence-corrected chi connectivity index (χ2v) is 2.45. The number of nitrogens with two attached hydrogens (primary N) is 2. The fraction of sp³-hybridized carbons (Fsp3) is 1.00. The lowest BCUT2D eigenvalue weighted by Gasteiger charge is -2.06. The fourth-order valence-electron chi connectivity index (χ4n) is 0.572. The van der Waals surface area contributed by atoms with Crippen molar-refractivity contribution in [3.05, 3.63) is 0 Å². The molecule has 0 saturated carbocycles. The standard InChI is InChI=1S/C7H18N2O2/c1-7(9)6-11-5-4-10-3-2-8/h7H,2-6,8-9H2,1H3. The van der Waals surface area contributed by atoms with E-state index < -0.39 is 0 Å². The van der Waals surface area contributed by atoms with Crippen LogP contribution in [-0.4, -0.2) is 39.0 Å². The SMILES string of the molecule is CC(N)COCCOCCN. The molecule has 0 aromatic heterocycles. The summed E-state index contributed by atoms with van der Waals surface area (Å²) in [6, 6.07) is 0.101. The van der Waals surface area contributed by atoms with Crippen LogP contribution in [0.2, 0.25) is 0 Å². The zero-order valence-electron chi connectivity index (χ0n) is 7.08. The molecule has 4 nitrogen and oxygen atoms in total. The number of hydrogen-bond acceptors (Lipinski definition) is 4. The molecule has 0 aliphatic rings. The van der Waals surface area contributed by atoms with Crippen LogP contribution in [0.15, 0.2) is 0 Å². The first-order chi connectivity index (χ1) is 5.27. The summed E-state index contributed by atoms with van der Waals surface area (Å²) >= 11 is 0. The Kier molecular flexibility index (Phi) is 7.83. The summed E-state index contributed by atoms with van der Waals surface area (Å²) in [6.45, 7) is 4.85. The van der Waals surface area contributed by atoms with Crippen LogP contribution >= 0.6 is 0 Å². The molecule has 0 aliphatic carbocycles. The van der Waals surface area contributed by atoms with Gasteiger partial charge in [-0.1, -0.05) is 0 Å². The Morgan fingerprint density at radius 3 is 2.36 bits per heavy atom. The number of ether oxygens (including phenoxy) is 2. The molecule has 4 heteroatoms. The molecule has 1 atom stereocenters. The van der Waals surface area contributed by atoms with Gasteiger partial charge in [-0.05, 0) is 6.92 Å². The van der Waals surface area contributed by atoms with Crippen molar-refractivity contribution in [2.24, 2.45) is 11.5 Å². The molecule has 0 amide bonds. The first-order valence-electron chi connectivity index (χ1n) is 3.88. The molecule has 11 heavy (non-hydrogen) atoms. The van der Waals surface area contributed by atoms with Crippen molar-refractivity contribution < 1.29 is 9.47 Å². The third-order valence-corrected chi connectivity index (χ3v) is 1.01. The number of hydrogen-bond donors (Lipinski definition) is 2. The van der Waals surface area contributed by atoms with Gasteiger partial charge in [-0.3, -0.25) is 0 Å². The molecule has 0 saturated heterocycles. The minimum Gasteiger partial charge on any atom is -0.378 e. The Hall–Kier alpha value is -0.160. The Labute approximate surface area is 67.8 Å². The maximum Gasteiger partial charge on any atom is 0.0701 e. The lowest BCUT2D eigenvalue weighted by molar-refractivity contribution is 0.0469. The van der Waals surface area contributed by atoms with Crippen molar-refractivity contribution in [1.82, 2.24) is 0 Å². The van der Waals surface area contributed by atoms with Crippen molar-refractivity contribution >= 4 is 0 Å². The van der Waals surface area contributed by atoms with Crippen LogP contribution in [0.4, 0.5) is 0 Å². The van der Waals surface area contributed by atoms with E-state index in [0.717, 1.165) is 0 Å². The molecule has 0 heterocycles. The normalized spacial score (nSPS) is 13.4. The summed E-state index contributed by atoms with van der Waals surface area (Å²) < 4.78 is 10.2. The van der Waals surface area contributed by atoms with Gasteiger partial charge in [0.05, 0.1) is 26.4 Å². The van der Waals surface area contributed by atoms with Gasteiger partial charge in [0.1, 0.15) is 0 Å². The molecule has 0 fully saturated rings. The quantitative estimate of drug-likeness (QED) is 0.487. The summed E-state index contributed by atoms with van der Waals surface area (Å²) in [5.74, 6) is 0. The molecule has 0 spiro atoms. The summed E-state index contributed by atoms with van der Waals surface area (Å²) in [5.41, 5.74) is 10.7. The van der Waals surface area contributed by atoms with Gasteiger partial charge in [-0.25, -0.2) is 0 Å². The van der Waals surface area contributed by atoms with E-state index in [4.69, 9.17) is 20.9 Å². The fourth-order valence-corrected chi connectivity index (χ4v) is 0.572. The average molecular weight is 162 g/mol. The third kappa shape index (κ3) is 9.84. The van der Waals surface area contributed by atoms with E-state index in [1.54, 1.807) is 0 Å². The molecule has 68 valence electrons. The van der Waals surface area contributed by atoms with Gasteiger partial charge < -0.3 is 20.9 Å². The summed E-state index contributed by atoms with van der Waals surface area (Å²) in [5, 5.41) is 0. The molecule has 0 aromatic rings. The van der Waals surface area contributed by atoms with Crippen molar-refractivity contribution in [1.29, 1.82) is 0 Å². The van der Waals surface area contributed by atoms with E-state index in [9.17, 15) is 0 Å². The largest absolute Gasteiger partial charge is 0.378 e. The zero-order chi connectivity index (χ0) is 8.53. The molecule has 0 aromatic carbocycles. The second-order valence-electron chi connectivity index (χ2n) is 2.45. The Morgan fingerprint density at radius 2 is 1.82 bits per heavy atom. The molecule has 0 aliphatic heterocycles. The third-order valence-electron chi connectivity index (χ3n) is 1.01. The topological polar surface area (TPSA) is 70.5 Å². The molecular formula is C7H18N2O2. The van der Waals surface area contributed by atoms with Crippen LogP contribution in [0.5, 0.6) is 0 Å². The summed E-state index contributed by atoms with van der Waals surface area (Å²) in [6.07, 6.45) is 0. The van der Waals surface area contributed by atoms with Crippen LogP contribution in [0, 0.1) is 0 Å². The highest BCUT2D eigenvalue weighted by Crippen LogP contribution is 1.80. The van der Waals surface area contributed by atoms with E-state index in [2.05, 4.69) is 0 Å². The second kappa shape index (κ2) is 7.94. The van der Waals surface area contributed by atoms with Gasteiger partial charge >= 0.3 is 0 Å². The van der Waals surface area contributed by atoms with E-state index in [1.807, 2.05) is 6.92 Å². The van der Waals surface area contributed by atoms with E-state index in [0.29, 0.717) is 33.0 Å². The first kappa shape index (κ1) is 10.8. The minimum absolute atomic E-state index is 0.101. The van der Waals surface area contributed by atoms with Crippen LogP contribution in [0.3, 0.4) is 0 Å². The lowest BCUT2D eigenvalue weighted by Crippen LogP contribution is -2.23. The van der Waals surface area contributed by atoms with Crippen LogP contribution in [0.1, 0.15) is 6.92 Å². The van der Waals surface area contributed by atoms with Crippen LogP contribution in [-0.2, 0) is 9.47 Å². The Balaban J connectivity index is 2.80. The van der Waals surface area contributed by atoms with Gasteiger partial charge in [-0.2, -0.15) is 0 Å². The first-order valence-corrected chi connectivity index (χ1v) is 3.88.